The van der Waals surface area contributed by atoms with Crippen LogP contribution in [-0.2, 0) is 6.42 Å². The van der Waals surface area contributed by atoms with Gasteiger partial charge in [0.1, 0.15) is 0 Å². The largest absolute Gasteiger partial charge is 0.494 e. The SMILES string of the molecule is COc1c(Cl)cc(CCCCN)cc1SC. The maximum Gasteiger partial charge on any atom is 0.150 e. The third-order valence-corrected chi connectivity index (χ3v) is 3.44. The molecule has 2 nitrogen and oxygen atoms in total. The Morgan fingerprint density at radius 1 is 1.38 bits per heavy atom. The Bertz CT molecular complexity index is 344. The number of hydrogen-bond donors (Lipinski definition) is 1. The molecule has 0 saturated carbocycles. The lowest BCUT2D eigenvalue weighted by Crippen LogP contribution is -1.99. The van der Waals surface area contributed by atoms with E-state index in [9.17, 15) is 0 Å². The van der Waals surface area contributed by atoms with Crippen molar-refractivity contribution in [2.45, 2.75) is 24.2 Å². The fourth-order valence-corrected chi connectivity index (χ4v) is 2.61. The number of thioether (sulfide) groups is 1. The van der Waals surface area contributed by atoms with Crippen molar-refractivity contribution >= 4 is 23.4 Å². The highest BCUT2D eigenvalue weighted by molar-refractivity contribution is 7.98. The number of ether oxygens (including phenoxy) is 1. The summed E-state index contributed by atoms with van der Waals surface area (Å²) in [5.41, 5.74) is 6.73. The van der Waals surface area contributed by atoms with Gasteiger partial charge in [-0.2, -0.15) is 0 Å². The third kappa shape index (κ3) is 3.58. The van der Waals surface area contributed by atoms with Crippen molar-refractivity contribution in [3.8, 4) is 5.75 Å². The van der Waals surface area contributed by atoms with E-state index in [0.717, 1.165) is 36.5 Å². The Kier molecular flexibility index (Phi) is 6.03. The molecule has 90 valence electrons. The van der Waals surface area contributed by atoms with Gasteiger partial charge in [-0.3, -0.25) is 0 Å². The van der Waals surface area contributed by atoms with Gasteiger partial charge < -0.3 is 10.5 Å². The molecule has 0 fully saturated rings. The lowest BCUT2D eigenvalue weighted by atomic mass is 10.1. The molecular weight excluding hydrogens is 242 g/mol. The minimum Gasteiger partial charge on any atom is -0.494 e. The molecule has 2 N–H and O–H groups in total. The minimum absolute atomic E-state index is 0.692. The van der Waals surface area contributed by atoms with Crippen LogP contribution in [0.15, 0.2) is 17.0 Å². The zero-order valence-electron chi connectivity index (χ0n) is 9.75. The monoisotopic (exact) mass is 259 g/mol. The predicted molar refractivity (Wildman–Crippen MR) is 71.8 cm³/mol. The van der Waals surface area contributed by atoms with Crippen molar-refractivity contribution in [1.82, 2.24) is 0 Å². The number of methoxy groups -OCH3 is 1. The zero-order valence-corrected chi connectivity index (χ0v) is 11.3. The van der Waals surface area contributed by atoms with Gasteiger partial charge in [0.05, 0.1) is 17.0 Å². The summed E-state index contributed by atoms with van der Waals surface area (Å²) in [6, 6.07) is 4.13. The van der Waals surface area contributed by atoms with Gasteiger partial charge in [0.15, 0.2) is 5.75 Å². The van der Waals surface area contributed by atoms with E-state index in [1.54, 1.807) is 18.9 Å². The van der Waals surface area contributed by atoms with Crippen molar-refractivity contribution in [1.29, 1.82) is 0 Å². The third-order valence-electron chi connectivity index (χ3n) is 2.41. The van der Waals surface area contributed by atoms with Gasteiger partial charge in [0, 0.05) is 0 Å². The summed E-state index contributed by atoms with van der Waals surface area (Å²) in [5, 5.41) is 0.692. The van der Waals surface area contributed by atoms with Gasteiger partial charge in [0.25, 0.3) is 0 Å². The smallest absolute Gasteiger partial charge is 0.150 e. The highest BCUT2D eigenvalue weighted by Crippen LogP contribution is 2.36. The molecule has 1 aromatic rings. The van der Waals surface area contributed by atoms with Crippen LogP contribution >= 0.6 is 23.4 Å². The van der Waals surface area contributed by atoms with Gasteiger partial charge in [-0.1, -0.05) is 11.6 Å². The molecule has 0 amide bonds. The quantitative estimate of drug-likeness (QED) is 0.629. The topological polar surface area (TPSA) is 35.2 Å². The zero-order chi connectivity index (χ0) is 12.0. The highest BCUT2D eigenvalue weighted by Gasteiger charge is 2.09. The Labute approximate surface area is 107 Å². The van der Waals surface area contributed by atoms with Crippen LogP contribution in [0.25, 0.3) is 0 Å². The van der Waals surface area contributed by atoms with Crippen molar-refractivity contribution in [3.05, 3.63) is 22.7 Å². The lowest BCUT2D eigenvalue weighted by Gasteiger charge is -2.11. The molecule has 0 atom stereocenters. The molecule has 1 rings (SSSR count). The summed E-state index contributed by atoms with van der Waals surface area (Å²) in [6.07, 6.45) is 5.21. The lowest BCUT2D eigenvalue weighted by molar-refractivity contribution is 0.405. The van der Waals surface area contributed by atoms with E-state index in [0.29, 0.717) is 5.02 Å². The predicted octanol–water partition coefficient (Wildman–Crippen LogP) is 3.35. The van der Waals surface area contributed by atoms with E-state index >= 15 is 0 Å². The molecular formula is C12H18ClNOS. The Hall–Kier alpha value is -0.380. The molecule has 0 bridgehead atoms. The molecule has 0 aliphatic rings. The standard InChI is InChI=1S/C12H18ClNOS/c1-15-12-10(13)7-9(5-3-4-6-14)8-11(12)16-2/h7-8H,3-6,14H2,1-2H3. The van der Waals surface area contributed by atoms with Gasteiger partial charge in [-0.15, -0.1) is 11.8 Å². The first-order valence-electron chi connectivity index (χ1n) is 5.33. The molecule has 0 radical (unpaired) electrons. The Morgan fingerprint density at radius 3 is 2.69 bits per heavy atom. The van der Waals surface area contributed by atoms with Crippen LogP contribution in [0, 0.1) is 0 Å². The fourth-order valence-electron chi connectivity index (χ4n) is 1.59. The van der Waals surface area contributed by atoms with Crippen molar-refractivity contribution < 1.29 is 4.74 Å². The second-order valence-corrected chi connectivity index (χ2v) is 4.81. The molecule has 0 aliphatic heterocycles. The average molecular weight is 260 g/mol. The van der Waals surface area contributed by atoms with E-state index in [-0.39, 0.29) is 0 Å². The van der Waals surface area contributed by atoms with Crippen molar-refractivity contribution in [3.63, 3.8) is 0 Å². The van der Waals surface area contributed by atoms with Crippen molar-refractivity contribution in [2.24, 2.45) is 5.73 Å². The van der Waals surface area contributed by atoms with Gasteiger partial charge >= 0.3 is 0 Å². The molecule has 0 heterocycles. The van der Waals surface area contributed by atoms with Crippen molar-refractivity contribution in [2.75, 3.05) is 19.9 Å². The number of benzene rings is 1. The van der Waals surface area contributed by atoms with Crippen LogP contribution in [-0.4, -0.2) is 19.9 Å². The summed E-state index contributed by atoms with van der Waals surface area (Å²) in [4.78, 5) is 1.10. The maximum absolute atomic E-state index is 6.16. The summed E-state index contributed by atoms with van der Waals surface area (Å²) in [5.74, 6) is 0.775. The van der Waals surface area contributed by atoms with E-state index in [4.69, 9.17) is 22.1 Å². The molecule has 16 heavy (non-hydrogen) atoms. The fraction of sp³-hybridized carbons (Fsp3) is 0.500. The first kappa shape index (κ1) is 13.7. The number of unbranched alkanes of at least 4 members (excludes halogenated alkanes) is 1. The van der Waals surface area contributed by atoms with Crippen LogP contribution in [0.3, 0.4) is 0 Å². The summed E-state index contributed by atoms with van der Waals surface area (Å²) in [6.45, 7) is 0.749. The summed E-state index contributed by atoms with van der Waals surface area (Å²) < 4.78 is 5.27. The summed E-state index contributed by atoms with van der Waals surface area (Å²) >= 11 is 7.82. The molecule has 0 saturated heterocycles. The van der Waals surface area contributed by atoms with Gasteiger partial charge in [-0.25, -0.2) is 0 Å². The van der Waals surface area contributed by atoms with Crippen LogP contribution in [0.2, 0.25) is 5.02 Å². The van der Waals surface area contributed by atoms with Crippen LogP contribution in [0.1, 0.15) is 18.4 Å². The van der Waals surface area contributed by atoms with Gasteiger partial charge in [-0.05, 0) is 49.8 Å². The minimum atomic E-state index is 0.692. The molecule has 0 aromatic heterocycles. The van der Waals surface area contributed by atoms with Crippen LogP contribution < -0.4 is 10.5 Å². The van der Waals surface area contributed by atoms with Gasteiger partial charge in [0.2, 0.25) is 0 Å². The molecule has 4 heteroatoms. The number of nitrogens with two attached hydrogens (primary N) is 1. The second-order valence-electron chi connectivity index (χ2n) is 3.56. The Balaban J connectivity index is 2.83. The van der Waals surface area contributed by atoms with Crippen LogP contribution in [0.4, 0.5) is 0 Å². The number of aryl methyl sites for hydroxylation is 1. The number of halogens is 1. The number of hydrogen-bond acceptors (Lipinski definition) is 3. The average Bonchev–Trinajstić information content (AvgIpc) is 2.28. The molecule has 0 spiro atoms. The van der Waals surface area contributed by atoms with E-state index < -0.39 is 0 Å². The molecule has 0 aliphatic carbocycles. The highest BCUT2D eigenvalue weighted by atomic mass is 35.5. The molecule has 0 unspecified atom stereocenters. The number of rotatable bonds is 6. The Morgan fingerprint density at radius 2 is 2.12 bits per heavy atom. The first-order chi connectivity index (χ1) is 7.72. The second kappa shape index (κ2) is 7.05. The first-order valence-corrected chi connectivity index (χ1v) is 6.93. The molecule has 1 aromatic carbocycles. The van der Waals surface area contributed by atoms with E-state index in [2.05, 4.69) is 6.07 Å². The van der Waals surface area contributed by atoms with E-state index in [1.165, 1.54) is 5.56 Å². The van der Waals surface area contributed by atoms with E-state index in [1.807, 2.05) is 12.3 Å². The summed E-state index contributed by atoms with van der Waals surface area (Å²) in [7, 11) is 1.65. The normalized spacial score (nSPS) is 10.5. The van der Waals surface area contributed by atoms with Crippen LogP contribution in [0.5, 0.6) is 5.75 Å². The maximum atomic E-state index is 6.16.